The zero-order valence-corrected chi connectivity index (χ0v) is 22.0. The van der Waals surface area contributed by atoms with E-state index in [0.717, 1.165) is 54.1 Å². The highest BCUT2D eigenvalue weighted by atomic mass is 16.1. The fraction of sp³-hybridized carbons (Fsp3) is 0.182. The maximum Gasteiger partial charge on any atom is 0.255 e. The zero-order valence-electron chi connectivity index (χ0n) is 22.0. The van der Waals surface area contributed by atoms with Gasteiger partial charge in [-0.2, -0.15) is 4.57 Å². The summed E-state index contributed by atoms with van der Waals surface area (Å²) in [5, 5.41) is 7.70. The van der Waals surface area contributed by atoms with Crippen LogP contribution in [0.4, 0.5) is 17.1 Å². The maximum atomic E-state index is 12.9. The summed E-state index contributed by atoms with van der Waals surface area (Å²) in [6.07, 6.45) is 8.54. The molecule has 2 aromatic heterocycles. The Hall–Kier alpha value is -4.51. The molecule has 0 saturated carbocycles. The van der Waals surface area contributed by atoms with E-state index in [1.165, 1.54) is 10.9 Å². The highest BCUT2D eigenvalue weighted by molar-refractivity contribution is 6.04. The molecule has 1 amide bonds. The number of carbonyl (C=O) groups excluding carboxylic acids is 1. The molecule has 0 atom stereocenters. The first-order valence-electron chi connectivity index (χ1n) is 13.3. The van der Waals surface area contributed by atoms with Crippen molar-refractivity contribution in [1.29, 1.82) is 0 Å². The van der Waals surface area contributed by atoms with Crippen molar-refractivity contribution in [3.05, 3.63) is 115 Å². The summed E-state index contributed by atoms with van der Waals surface area (Å²) in [4.78, 5) is 12.9. The predicted octanol–water partition coefficient (Wildman–Crippen LogP) is 6.90. The minimum absolute atomic E-state index is 0.129. The van der Waals surface area contributed by atoms with Gasteiger partial charge in [-0.1, -0.05) is 38.1 Å². The second-order valence-electron chi connectivity index (χ2n) is 9.50. The summed E-state index contributed by atoms with van der Waals surface area (Å²) in [6, 6.07) is 30.3. The van der Waals surface area contributed by atoms with Crippen LogP contribution < -0.4 is 19.8 Å². The van der Waals surface area contributed by atoms with E-state index in [2.05, 4.69) is 94.7 Å². The molecule has 2 N–H and O–H groups in total. The third-order valence-corrected chi connectivity index (χ3v) is 6.66. The number of hydrogen-bond acceptors (Lipinski definition) is 2. The van der Waals surface area contributed by atoms with Gasteiger partial charge in [0, 0.05) is 54.0 Å². The standard InChI is InChI=1S/C33H32N4O/c1-3-20-36-22-17-26(18-23-36)25-9-13-29(14-10-25)35-33(38)27-11-15-28(16-12-27)34-31-19-24-37(21-4-2)32-8-6-5-7-30(31)32/h5-19,22-24H,3-4,20-21H2,1-2H3/p+2. The molecule has 3 aromatic carbocycles. The molecule has 0 radical (unpaired) electrons. The first-order chi connectivity index (χ1) is 18.6. The van der Waals surface area contributed by atoms with Crippen LogP contribution in [0.3, 0.4) is 0 Å². The van der Waals surface area contributed by atoms with Crippen molar-refractivity contribution < 1.29 is 13.9 Å². The molecule has 0 aliphatic rings. The van der Waals surface area contributed by atoms with Gasteiger partial charge in [-0.15, -0.1) is 0 Å². The van der Waals surface area contributed by atoms with Gasteiger partial charge in [0.2, 0.25) is 5.52 Å². The van der Waals surface area contributed by atoms with Crippen LogP contribution in [0.1, 0.15) is 37.0 Å². The van der Waals surface area contributed by atoms with Crippen molar-refractivity contribution in [1.82, 2.24) is 0 Å². The Morgan fingerprint density at radius 2 is 1.34 bits per heavy atom. The number of rotatable bonds is 9. The molecule has 0 bridgehead atoms. The molecule has 0 unspecified atom stereocenters. The van der Waals surface area contributed by atoms with E-state index >= 15 is 0 Å². The number of aryl methyl sites for hydroxylation is 2. The van der Waals surface area contributed by atoms with Crippen molar-refractivity contribution in [2.75, 3.05) is 10.6 Å². The number of nitrogens with one attached hydrogen (secondary N) is 2. The Balaban J connectivity index is 1.24. The Bertz CT molecular complexity index is 1530. The number of para-hydroxylation sites is 1. The largest absolute Gasteiger partial charge is 0.355 e. The molecule has 38 heavy (non-hydrogen) atoms. The molecular formula is C33H34N4O+2. The summed E-state index contributed by atoms with van der Waals surface area (Å²) in [7, 11) is 0. The van der Waals surface area contributed by atoms with E-state index in [4.69, 9.17) is 0 Å². The zero-order chi connectivity index (χ0) is 26.3. The number of anilines is 3. The molecule has 2 heterocycles. The maximum absolute atomic E-state index is 12.9. The van der Waals surface area contributed by atoms with Gasteiger partial charge in [-0.3, -0.25) is 4.79 Å². The molecular weight excluding hydrogens is 468 g/mol. The first-order valence-corrected chi connectivity index (χ1v) is 13.3. The van der Waals surface area contributed by atoms with Crippen molar-refractivity contribution in [2.24, 2.45) is 0 Å². The first kappa shape index (κ1) is 25.2. The molecule has 5 aromatic rings. The second kappa shape index (κ2) is 11.7. The summed E-state index contributed by atoms with van der Waals surface area (Å²) >= 11 is 0. The van der Waals surface area contributed by atoms with Crippen LogP contribution >= 0.6 is 0 Å². The Kier molecular flexibility index (Phi) is 7.74. The lowest BCUT2D eigenvalue weighted by Crippen LogP contribution is -2.33. The van der Waals surface area contributed by atoms with E-state index in [0.29, 0.717) is 5.56 Å². The van der Waals surface area contributed by atoms with Gasteiger partial charge >= 0.3 is 0 Å². The van der Waals surface area contributed by atoms with E-state index in [1.807, 2.05) is 48.5 Å². The number of pyridine rings is 2. The average Bonchev–Trinajstić information content (AvgIpc) is 2.96. The Morgan fingerprint density at radius 3 is 2.05 bits per heavy atom. The van der Waals surface area contributed by atoms with Crippen molar-refractivity contribution in [2.45, 2.75) is 39.8 Å². The lowest BCUT2D eigenvalue weighted by molar-refractivity contribution is -0.696. The average molecular weight is 503 g/mol. The molecule has 5 heteroatoms. The van der Waals surface area contributed by atoms with Crippen LogP contribution in [0.5, 0.6) is 0 Å². The van der Waals surface area contributed by atoms with Crippen LogP contribution in [0, 0.1) is 0 Å². The van der Waals surface area contributed by atoms with Crippen molar-refractivity contribution >= 4 is 33.9 Å². The molecule has 0 spiro atoms. The molecule has 5 rings (SSSR count). The number of benzene rings is 3. The summed E-state index contributed by atoms with van der Waals surface area (Å²) in [5.74, 6) is -0.129. The molecule has 0 fully saturated rings. The van der Waals surface area contributed by atoms with Crippen LogP contribution in [-0.2, 0) is 13.1 Å². The predicted molar refractivity (Wildman–Crippen MR) is 154 cm³/mol. The highest BCUT2D eigenvalue weighted by Crippen LogP contribution is 2.25. The highest BCUT2D eigenvalue weighted by Gasteiger charge is 2.12. The third-order valence-electron chi connectivity index (χ3n) is 6.66. The van der Waals surface area contributed by atoms with E-state index < -0.39 is 0 Å². The molecule has 0 aliphatic heterocycles. The molecule has 0 aliphatic carbocycles. The topological polar surface area (TPSA) is 48.9 Å². The SMILES string of the molecule is CCC[n+]1ccc(-c2ccc(NC(=O)c3ccc(Nc4cc[n+](CCC)c5ccccc45)cc3)cc2)cc1. The number of aromatic nitrogens is 2. The van der Waals surface area contributed by atoms with Gasteiger partial charge in [-0.05, 0) is 53.6 Å². The molecule has 5 nitrogen and oxygen atoms in total. The lowest BCUT2D eigenvalue weighted by atomic mass is 10.1. The summed E-state index contributed by atoms with van der Waals surface area (Å²) < 4.78 is 4.46. The fourth-order valence-corrected chi connectivity index (χ4v) is 4.70. The van der Waals surface area contributed by atoms with Gasteiger partial charge in [0.25, 0.3) is 5.91 Å². The number of fused-ring (bicyclic) bond motifs is 1. The summed E-state index contributed by atoms with van der Waals surface area (Å²) in [5.41, 5.74) is 6.85. The van der Waals surface area contributed by atoms with Crippen molar-refractivity contribution in [3.63, 3.8) is 0 Å². The Labute approximate surface area is 224 Å². The smallest absolute Gasteiger partial charge is 0.255 e. The van der Waals surface area contributed by atoms with Gasteiger partial charge in [0.15, 0.2) is 18.6 Å². The van der Waals surface area contributed by atoms with Crippen LogP contribution in [0.15, 0.2) is 110 Å². The van der Waals surface area contributed by atoms with E-state index in [-0.39, 0.29) is 5.91 Å². The van der Waals surface area contributed by atoms with Crippen molar-refractivity contribution in [3.8, 4) is 11.1 Å². The van der Waals surface area contributed by atoms with Crippen LogP contribution in [-0.4, -0.2) is 5.91 Å². The number of carbonyl (C=O) groups is 1. The van der Waals surface area contributed by atoms with Crippen LogP contribution in [0.2, 0.25) is 0 Å². The van der Waals surface area contributed by atoms with Crippen LogP contribution in [0.25, 0.3) is 22.0 Å². The summed E-state index contributed by atoms with van der Waals surface area (Å²) in [6.45, 7) is 6.36. The second-order valence-corrected chi connectivity index (χ2v) is 9.50. The third kappa shape index (κ3) is 5.73. The lowest BCUT2D eigenvalue weighted by Gasteiger charge is -2.11. The minimum Gasteiger partial charge on any atom is -0.355 e. The number of hydrogen-bond donors (Lipinski definition) is 2. The quantitative estimate of drug-likeness (QED) is 0.216. The fourth-order valence-electron chi connectivity index (χ4n) is 4.70. The minimum atomic E-state index is -0.129. The monoisotopic (exact) mass is 502 g/mol. The van der Waals surface area contributed by atoms with Gasteiger partial charge in [0.1, 0.15) is 13.1 Å². The van der Waals surface area contributed by atoms with Gasteiger partial charge in [-0.25, -0.2) is 4.57 Å². The number of nitrogens with zero attached hydrogens (tertiary/aromatic N) is 2. The van der Waals surface area contributed by atoms with Gasteiger partial charge < -0.3 is 10.6 Å². The Morgan fingerprint density at radius 1 is 0.684 bits per heavy atom. The molecule has 190 valence electrons. The van der Waals surface area contributed by atoms with E-state index in [1.54, 1.807) is 0 Å². The van der Waals surface area contributed by atoms with E-state index in [9.17, 15) is 4.79 Å². The number of amides is 1. The normalized spacial score (nSPS) is 10.9. The molecule has 0 saturated heterocycles. The van der Waals surface area contributed by atoms with Gasteiger partial charge in [0.05, 0.1) is 11.1 Å².